The van der Waals surface area contributed by atoms with Crippen molar-refractivity contribution in [2.24, 2.45) is 5.92 Å². The Hall–Kier alpha value is -2.71. The minimum atomic E-state index is -0.468. The number of piperidine rings is 2. The number of nitrogens with zero attached hydrogens (tertiary/aromatic N) is 4. The minimum Gasteiger partial charge on any atom is -0.369 e. The molecule has 0 N–H and O–H groups in total. The number of hydrogen-bond donors (Lipinski definition) is 0. The highest BCUT2D eigenvalue weighted by Gasteiger charge is 2.42. The van der Waals surface area contributed by atoms with Gasteiger partial charge in [0.25, 0.3) is 5.56 Å². The lowest BCUT2D eigenvalue weighted by molar-refractivity contribution is -0.188. The van der Waals surface area contributed by atoms with Crippen molar-refractivity contribution in [3.8, 4) is 0 Å². The van der Waals surface area contributed by atoms with Gasteiger partial charge in [-0.1, -0.05) is 30.3 Å². The van der Waals surface area contributed by atoms with Gasteiger partial charge in [-0.05, 0) is 18.4 Å². The standard InChI is InChI=1S/C24H30N4O4/c29-22-15-21(16-25-28(22)17-19-5-2-1-3-6-19)27-10-4-7-20(18-27)23(30)26-11-8-24(9-12-26)31-13-14-32-24/h1-3,5-6,15-16,20H,4,7-14,17-18H2/t20-/m0/s1. The second kappa shape index (κ2) is 9.03. The van der Waals surface area contributed by atoms with E-state index in [0.29, 0.717) is 39.4 Å². The van der Waals surface area contributed by atoms with Gasteiger partial charge in [0.05, 0.1) is 37.6 Å². The van der Waals surface area contributed by atoms with Crippen molar-refractivity contribution < 1.29 is 14.3 Å². The molecule has 4 heterocycles. The molecule has 3 aliphatic heterocycles. The first-order valence-electron chi connectivity index (χ1n) is 11.5. The number of anilines is 1. The first-order chi connectivity index (χ1) is 15.6. The lowest BCUT2D eigenvalue weighted by atomic mass is 9.94. The monoisotopic (exact) mass is 438 g/mol. The Morgan fingerprint density at radius 2 is 1.84 bits per heavy atom. The molecule has 3 saturated heterocycles. The predicted molar refractivity (Wildman–Crippen MR) is 119 cm³/mol. The van der Waals surface area contributed by atoms with Crippen LogP contribution in [-0.4, -0.2) is 65.8 Å². The quantitative estimate of drug-likeness (QED) is 0.726. The van der Waals surface area contributed by atoms with Gasteiger partial charge >= 0.3 is 0 Å². The summed E-state index contributed by atoms with van der Waals surface area (Å²) in [5.41, 5.74) is 1.70. The Balaban J connectivity index is 1.21. The number of hydrogen-bond acceptors (Lipinski definition) is 6. The number of rotatable bonds is 4. The SMILES string of the molecule is O=C([C@H]1CCCN(c2cnn(Cc3ccccc3)c(=O)c2)C1)N1CCC2(CC1)OCCO2. The molecule has 0 bridgehead atoms. The maximum atomic E-state index is 13.2. The zero-order valence-corrected chi connectivity index (χ0v) is 18.3. The second-order valence-electron chi connectivity index (χ2n) is 8.91. The van der Waals surface area contributed by atoms with Gasteiger partial charge in [-0.25, -0.2) is 4.68 Å². The van der Waals surface area contributed by atoms with Gasteiger partial charge in [0.1, 0.15) is 0 Å². The molecule has 3 fully saturated rings. The molecule has 1 amide bonds. The average molecular weight is 439 g/mol. The normalized spacial score (nSPS) is 22.9. The zero-order chi connectivity index (χ0) is 22.0. The van der Waals surface area contributed by atoms with Gasteiger partial charge in [0.2, 0.25) is 5.91 Å². The molecule has 1 spiro atoms. The summed E-state index contributed by atoms with van der Waals surface area (Å²) in [7, 11) is 0. The first-order valence-corrected chi connectivity index (χ1v) is 11.5. The molecule has 5 rings (SSSR count). The summed E-state index contributed by atoms with van der Waals surface area (Å²) < 4.78 is 13.0. The molecule has 8 nitrogen and oxygen atoms in total. The van der Waals surface area contributed by atoms with Crippen LogP contribution >= 0.6 is 0 Å². The third kappa shape index (κ3) is 4.42. The average Bonchev–Trinajstić information content (AvgIpc) is 3.29. The van der Waals surface area contributed by atoms with Gasteiger partial charge in [0, 0.05) is 45.1 Å². The van der Waals surface area contributed by atoms with E-state index in [-0.39, 0.29) is 17.4 Å². The van der Waals surface area contributed by atoms with Crippen molar-refractivity contribution in [2.75, 3.05) is 44.3 Å². The lowest BCUT2D eigenvalue weighted by Crippen LogP contribution is -2.51. The van der Waals surface area contributed by atoms with Crippen LogP contribution in [0.2, 0.25) is 0 Å². The third-order valence-electron chi connectivity index (χ3n) is 6.82. The van der Waals surface area contributed by atoms with E-state index in [4.69, 9.17) is 9.47 Å². The van der Waals surface area contributed by atoms with Gasteiger partial charge in [-0.15, -0.1) is 0 Å². The van der Waals surface area contributed by atoms with E-state index in [1.165, 1.54) is 4.68 Å². The summed E-state index contributed by atoms with van der Waals surface area (Å²) in [5, 5.41) is 4.39. The predicted octanol–water partition coefficient (Wildman–Crippen LogP) is 1.87. The first kappa shape index (κ1) is 21.2. The van der Waals surface area contributed by atoms with E-state index in [1.807, 2.05) is 35.2 Å². The number of aromatic nitrogens is 2. The molecule has 170 valence electrons. The molecule has 32 heavy (non-hydrogen) atoms. The summed E-state index contributed by atoms with van der Waals surface area (Å²) in [5.74, 6) is -0.326. The fraction of sp³-hybridized carbons (Fsp3) is 0.542. The molecule has 0 unspecified atom stereocenters. The summed E-state index contributed by atoms with van der Waals surface area (Å²) >= 11 is 0. The van der Waals surface area contributed by atoms with E-state index in [1.54, 1.807) is 12.3 Å². The number of likely N-dealkylation sites (tertiary alicyclic amines) is 1. The van der Waals surface area contributed by atoms with Crippen molar-refractivity contribution >= 4 is 11.6 Å². The number of ether oxygens (including phenoxy) is 2. The van der Waals surface area contributed by atoms with E-state index in [0.717, 1.165) is 43.5 Å². The number of benzene rings is 1. The summed E-state index contributed by atoms with van der Waals surface area (Å²) in [4.78, 5) is 29.9. The molecule has 1 aromatic carbocycles. The van der Waals surface area contributed by atoms with Crippen molar-refractivity contribution in [3.63, 3.8) is 0 Å². The van der Waals surface area contributed by atoms with Gasteiger partial charge in [-0.2, -0.15) is 5.10 Å². The highest BCUT2D eigenvalue weighted by molar-refractivity contribution is 5.80. The van der Waals surface area contributed by atoms with Gasteiger partial charge in [0.15, 0.2) is 5.79 Å². The summed E-state index contributed by atoms with van der Waals surface area (Å²) in [6.45, 7) is 4.53. The zero-order valence-electron chi connectivity index (χ0n) is 18.3. The Morgan fingerprint density at radius 3 is 2.56 bits per heavy atom. The van der Waals surface area contributed by atoms with Crippen molar-refractivity contribution in [1.29, 1.82) is 0 Å². The molecule has 0 aliphatic carbocycles. The maximum Gasteiger partial charge on any atom is 0.269 e. The van der Waals surface area contributed by atoms with Gasteiger partial charge < -0.3 is 19.3 Å². The molecule has 2 aromatic rings. The Bertz CT molecular complexity index is 993. The molecule has 3 aliphatic rings. The van der Waals surface area contributed by atoms with E-state index >= 15 is 0 Å². The summed E-state index contributed by atoms with van der Waals surface area (Å²) in [6, 6.07) is 11.5. The second-order valence-corrected chi connectivity index (χ2v) is 8.91. The van der Waals surface area contributed by atoms with E-state index in [9.17, 15) is 9.59 Å². The fourth-order valence-electron chi connectivity index (χ4n) is 5.00. The van der Waals surface area contributed by atoms with Crippen LogP contribution in [0.25, 0.3) is 0 Å². The Kier molecular flexibility index (Phi) is 5.97. The molecular weight excluding hydrogens is 408 g/mol. The van der Waals surface area contributed by atoms with Crippen LogP contribution in [0.3, 0.4) is 0 Å². The van der Waals surface area contributed by atoms with Crippen LogP contribution in [0, 0.1) is 5.92 Å². The van der Waals surface area contributed by atoms with Crippen molar-refractivity contribution in [3.05, 3.63) is 58.5 Å². The van der Waals surface area contributed by atoms with Crippen LogP contribution in [-0.2, 0) is 20.8 Å². The van der Waals surface area contributed by atoms with E-state index < -0.39 is 5.79 Å². The van der Waals surface area contributed by atoms with Crippen molar-refractivity contribution in [1.82, 2.24) is 14.7 Å². The number of carbonyl (C=O) groups excluding carboxylic acids is 1. The van der Waals surface area contributed by atoms with Crippen molar-refractivity contribution in [2.45, 2.75) is 38.0 Å². The topological polar surface area (TPSA) is 76.9 Å². The molecular formula is C24H30N4O4. The molecule has 0 radical (unpaired) electrons. The smallest absolute Gasteiger partial charge is 0.269 e. The number of carbonyl (C=O) groups is 1. The fourth-order valence-corrected chi connectivity index (χ4v) is 5.00. The highest BCUT2D eigenvalue weighted by atomic mass is 16.7. The highest BCUT2D eigenvalue weighted by Crippen LogP contribution is 2.32. The molecule has 8 heteroatoms. The lowest BCUT2D eigenvalue weighted by Gasteiger charge is -2.40. The maximum absolute atomic E-state index is 13.2. The Labute approximate surface area is 187 Å². The van der Waals surface area contributed by atoms with Crippen LogP contribution < -0.4 is 10.5 Å². The largest absolute Gasteiger partial charge is 0.369 e. The van der Waals surface area contributed by atoms with Crippen LogP contribution in [0.4, 0.5) is 5.69 Å². The minimum absolute atomic E-state index is 0.0602. The molecule has 1 atom stereocenters. The third-order valence-corrected chi connectivity index (χ3v) is 6.82. The number of amides is 1. The van der Waals surface area contributed by atoms with Gasteiger partial charge in [-0.3, -0.25) is 9.59 Å². The van der Waals surface area contributed by atoms with Crippen LogP contribution in [0.1, 0.15) is 31.2 Å². The summed E-state index contributed by atoms with van der Waals surface area (Å²) in [6.07, 6.45) is 5.02. The van der Waals surface area contributed by atoms with E-state index in [2.05, 4.69) is 10.00 Å². The molecule has 0 saturated carbocycles. The molecule has 1 aromatic heterocycles. The van der Waals surface area contributed by atoms with Crippen LogP contribution in [0.15, 0.2) is 47.4 Å². The Morgan fingerprint density at radius 1 is 1.09 bits per heavy atom. The van der Waals surface area contributed by atoms with Crippen LogP contribution in [0.5, 0.6) is 0 Å².